The van der Waals surface area contributed by atoms with E-state index in [0.29, 0.717) is 23.6 Å². The van der Waals surface area contributed by atoms with Crippen molar-refractivity contribution in [3.63, 3.8) is 0 Å². The highest BCUT2D eigenvalue weighted by atomic mass is 35.5. The quantitative estimate of drug-likeness (QED) is 0.859. The van der Waals surface area contributed by atoms with Gasteiger partial charge in [-0.2, -0.15) is 5.26 Å². The molecule has 0 aliphatic rings. The van der Waals surface area contributed by atoms with Gasteiger partial charge in [0.25, 0.3) is 0 Å². The Morgan fingerprint density at radius 2 is 2.28 bits per heavy atom. The van der Waals surface area contributed by atoms with E-state index in [4.69, 9.17) is 22.0 Å². The van der Waals surface area contributed by atoms with Gasteiger partial charge in [0.2, 0.25) is 0 Å². The van der Waals surface area contributed by atoms with Crippen LogP contribution in [0.3, 0.4) is 0 Å². The van der Waals surface area contributed by atoms with E-state index in [9.17, 15) is 4.79 Å². The van der Waals surface area contributed by atoms with Crippen molar-refractivity contribution in [1.29, 1.82) is 5.26 Å². The summed E-state index contributed by atoms with van der Waals surface area (Å²) in [6.07, 6.45) is 0.468. The zero-order chi connectivity index (χ0) is 13.8. The Labute approximate surface area is 111 Å². The lowest BCUT2D eigenvalue weighted by Gasteiger charge is -2.25. The van der Waals surface area contributed by atoms with Crippen LogP contribution in [0.1, 0.15) is 31.4 Å². The number of hydrogen-bond donors (Lipinski definition) is 2. The molecule has 96 valence electrons. The number of nitrogens with zero attached hydrogens (tertiary/aromatic N) is 1. The van der Waals surface area contributed by atoms with Crippen LogP contribution in [0.2, 0.25) is 5.02 Å². The maximum Gasteiger partial charge on any atom is 0.323 e. The molecule has 0 aromatic heterocycles. The molecule has 1 rings (SSSR count). The molecule has 0 bridgehead atoms. The first kappa shape index (κ1) is 14.5. The smallest absolute Gasteiger partial charge is 0.323 e. The molecule has 0 aliphatic carbocycles. The zero-order valence-corrected chi connectivity index (χ0v) is 11.1. The van der Waals surface area contributed by atoms with E-state index in [1.54, 1.807) is 25.1 Å². The second-order valence-corrected chi connectivity index (χ2v) is 4.67. The maximum atomic E-state index is 11.1. The number of halogens is 1. The molecule has 0 heterocycles. The van der Waals surface area contributed by atoms with E-state index in [2.05, 4.69) is 5.32 Å². The molecular formula is C13H15ClN2O2. The van der Waals surface area contributed by atoms with Gasteiger partial charge in [-0.05, 0) is 31.0 Å². The average Bonchev–Trinajstić information content (AvgIpc) is 2.36. The van der Waals surface area contributed by atoms with E-state index in [1.165, 1.54) is 0 Å². The fraction of sp³-hybridized carbons (Fsp3) is 0.385. The number of nitriles is 1. The summed E-state index contributed by atoms with van der Waals surface area (Å²) < 4.78 is 0. The normalized spacial score (nSPS) is 13.7. The predicted molar refractivity (Wildman–Crippen MR) is 69.3 cm³/mol. The number of carbonyl (C=O) groups is 1. The van der Waals surface area contributed by atoms with Gasteiger partial charge in [-0.15, -0.1) is 0 Å². The minimum absolute atomic E-state index is 0.348. The van der Waals surface area contributed by atoms with Gasteiger partial charge in [0.15, 0.2) is 0 Å². The number of nitrogens with one attached hydrogen (secondary N) is 1. The Kier molecular flexibility index (Phi) is 4.71. The highest BCUT2D eigenvalue weighted by molar-refractivity contribution is 6.31. The number of carboxylic acid groups (broad SMARTS) is 1. The van der Waals surface area contributed by atoms with Gasteiger partial charge in [0, 0.05) is 11.6 Å². The van der Waals surface area contributed by atoms with Crippen molar-refractivity contribution in [2.45, 2.75) is 32.4 Å². The summed E-state index contributed by atoms with van der Waals surface area (Å²) in [7, 11) is 0. The van der Waals surface area contributed by atoms with Crippen LogP contribution in [0.25, 0.3) is 0 Å². The molecule has 0 radical (unpaired) electrons. The van der Waals surface area contributed by atoms with Crippen molar-refractivity contribution < 1.29 is 9.90 Å². The highest BCUT2D eigenvalue weighted by Crippen LogP contribution is 2.19. The molecule has 0 saturated heterocycles. The first-order valence-electron chi connectivity index (χ1n) is 5.60. The van der Waals surface area contributed by atoms with Gasteiger partial charge in [-0.25, -0.2) is 0 Å². The second-order valence-electron chi connectivity index (χ2n) is 4.26. The van der Waals surface area contributed by atoms with Gasteiger partial charge >= 0.3 is 5.97 Å². The van der Waals surface area contributed by atoms with Crippen molar-refractivity contribution in [1.82, 2.24) is 5.32 Å². The molecule has 0 fully saturated rings. The van der Waals surface area contributed by atoms with E-state index in [0.717, 1.165) is 5.56 Å². The van der Waals surface area contributed by atoms with Crippen molar-refractivity contribution in [2.75, 3.05) is 0 Å². The summed E-state index contributed by atoms with van der Waals surface area (Å²) in [5.41, 5.74) is 0.286. The van der Waals surface area contributed by atoms with Gasteiger partial charge < -0.3 is 5.11 Å². The van der Waals surface area contributed by atoms with Crippen LogP contribution in [-0.2, 0) is 11.3 Å². The molecule has 1 aromatic rings. The van der Waals surface area contributed by atoms with E-state index >= 15 is 0 Å². The van der Waals surface area contributed by atoms with Crippen molar-refractivity contribution in [3.8, 4) is 6.07 Å². The summed E-state index contributed by atoms with van der Waals surface area (Å²) in [5.74, 6) is -0.894. The van der Waals surface area contributed by atoms with Gasteiger partial charge in [0.1, 0.15) is 5.54 Å². The van der Waals surface area contributed by atoms with Crippen LogP contribution in [-0.4, -0.2) is 16.6 Å². The summed E-state index contributed by atoms with van der Waals surface area (Å²) in [6, 6.07) is 6.96. The Morgan fingerprint density at radius 3 is 2.72 bits per heavy atom. The van der Waals surface area contributed by atoms with Crippen molar-refractivity contribution >= 4 is 17.6 Å². The van der Waals surface area contributed by atoms with Crippen molar-refractivity contribution in [2.24, 2.45) is 0 Å². The Bertz CT molecular complexity index is 496. The molecule has 1 aromatic carbocycles. The minimum Gasteiger partial charge on any atom is -0.480 e. The lowest BCUT2D eigenvalue weighted by Crippen LogP contribution is -2.48. The third kappa shape index (κ3) is 3.22. The molecular weight excluding hydrogens is 252 g/mol. The Morgan fingerprint density at radius 1 is 1.61 bits per heavy atom. The second kappa shape index (κ2) is 5.85. The van der Waals surface area contributed by atoms with E-state index in [1.807, 2.05) is 13.0 Å². The molecule has 0 saturated carbocycles. The topological polar surface area (TPSA) is 73.1 Å². The molecule has 4 nitrogen and oxygen atoms in total. The molecule has 1 unspecified atom stereocenters. The summed E-state index contributed by atoms with van der Waals surface area (Å²) in [6.45, 7) is 3.79. The van der Waals surface area contributed by atoms with E-state index in [-0.39, 0.29) is 0 Å². The van der Waals surface area contributed by atoms with Gasteiger partial charge in [0.05, 0.1) is 11.6 Å². The third-order valence-electron chi connectivity index (χ3n) is 3.03. The average molecular weight is 267 g/mol. The van der Waals surface area contributed by atoms with Crippen LogP contribution in [0.4, 0.5) is 0 Å². The number of aliphatic carboxylic acids is 1. The number of hydrogen-bond acceptors (Lipinski definition) is 3. The molecule has 0 amide bonds. The van der Waals surface area contributed by atoms with Crippen molar-refractivity contribution in [3.05, 3.63) is 34.3 Å². The zero-order valence-electron chi connectivity index (χ0n) is 10.3. The maximum absolute atomic E-state index is 11.1. The van der Waals surface area contributed by atoms with Crippen LogP contribution in [0.5, 0.6) is 0 Å². The third-order valence-corrected chi connectivity index (χ3v) is 3.38. The number of carboxylic acids is 1. The highest BCUT2D eigenvalue weighted by Gasteiger charge is 2.30. The minimum atomic E-state index is -0.975. The fourth-order valence-corrected chi connectivity index (χ4v) is 1.65. The van der Waals surface area contributed by atoms with Crippen LogP contribution in [0.15, 0.2) is 18.2 Å². The molecule has 1 atom stereocenters. The van der Waals surface area contributed by atoms with Crippen LogP contribution < -0.4 is 5.32 Å². The van der Waals surface area contributed by atoms with E-state index < -0.39 is 11.5 Å². The largest absolute Gasteiger partial charge is 0.480 e. The molecule has 0 aliphatic heterocycles. The van der Waals surface area contributed by atoms with Gasteiger partial charge in [-0.1, -0.05) is 24.6 Å². The van der Waals surface area contributed by atoms with Gasteiger partial charge in [-0.3, -0.25) is 10.1 Å². The molecule has 18 heavy (non-hydrogen) atoms. The first-order chi connectivity index (χ1) is 8.42. The molecule has 0 spiro atoms. The lowest BCUT2D eigenvalue weighted by atomic mass is 9.98. The van der Waals surface area contributed by atoms with Crippen LogP contribution in [0, 0.1) is 11.3 Å². The first-order valence-corrected chi connectivity index (χ1v) is 5.97. The Balaban J connectivity index is 2.81. The number of rotatable bonds is 5. The Hall–Kier alpha value is -1.57. The van der Waals surface area contributed by atoms with Crippen LogP contribution >= 0.6 is 11.6 Å². The SMILES string of the molecule is CCC(C)(NCc1ccc(C#N)cc1Cl)C(=O)O. The predicted octanol–water partition coefficient (Wildman–Crippen LogP) is 2.55. The lowest BCUT2D eigenvalue weighted by molar-refractivity contribution is -0.144. The molecule has 2 N–H and O–H groups in total. The summed E-state index contributed by atoms with van der Waals surface area (Å²) in [4.78, 5) is 11.1. The number of benzene rings is 1. The fourth-order valence-electron chi connectivity index (χ4n) is 1.40. The standard InChI is InChI=1S/C13H15ClN2O2/c1-3-13(2,12(17)18)16-8-10-5-4-9(7-15)6-11(10)14/h4-6,16H,3,8H2,1-2H3,(H,17,18). The monoisotopic (exact) mass is 266 g/mol. The summed E-state index contributed by atoms with van der Waals surface area (Å²) >= 11 is 6.02. The molecule has 5 heteroatoms. The summed E-state index contributed by atoms with van der Waals surface area (Å²) in [5, 5.41) is 21.3.